The Morgan fingerprint density at radius 1 is 1.16 bits per heavy atom. The van der Waals surface area contributed by atoms with Gasteiger partial charge in [0.2, 0.25) is 0 Å². The lowest BCUT2D eigenvalue weighted by Gasteiger charge is -2.11. The normalized spacial score (nSPS) is 10.8. The molecular weight excluding hydrogens is 417 g/mol. The third-order valence-corrected chi connectivity index (χ3v) is 3.20. The second-order valence-corrected chi connectivity index (χ2v) is 5.10. The summed E-state index contributed by atoms with van der Waals surface area (Å²) in [6, 6.07) is 8.30. The van der Waals surface area contributed by atoms with E-state index in [0.717, 1.165) is 23.5 Å². The van der Waals surface area contributed by atoms with Crippen LogP contribution in [0.2, 0.25) is 0 Å². The number of unbranched alkanes of at least 4 members (excludes halogenated alkanes) is 2. The maximum Gasteiger partial charge on any atom is 0.191 e. The summed E-state index contributed by atoms with van der Waals surface area (Å²) >= 11 is 3.43. The number of hydrogen-bond donors (Lipinski definition) is 2. The van der Waals surface area contributed by atoms with E-state index in [-0.39, 0.29) is 24.0 Å². The minimum absolute atomic E-state index is 0. The Kier molecular flexibility index (Phi) is 11.3. The lowest BCUT2D eigenvalue weighted by molar-refractivity contribution is 0.683. The highest BCUT2D eigenvalue weighted by atomic mass is 127. The molecule has 0 saturated heterocycles. The summed E-state index contributed by atoms with van der Waals surface area (Å²) in [5.41, 5.74) is 1.25. The van der Waals surface area contributed by atoms with Crippen molar-refractivity contribution in [3.05, 3.63) is 34.3 Å². The molecule has 1 aromatic rings. The zero-order chi connectivity index (χ0) is 13.2. The summed E-state index contributed by atoms with van der Waals surface area (Å²) in [4.78, 5) is 4.20. The maximum absolute atomic E-state index is 4.20. The maximum atomic E-state index is 4.20. The van der Waals surface area contributed by atoms with Crippen LogP contribution in [0.4, 0.5) is 0 Å². The first-order chi connectivity index (χ1) is 8.76. The van der Waals surface area contributed by atoms with Gasteiger partial charge in [-0.2, -0.15) is 0 Å². The number of hydrogen-bond acceptors (Lipinski definition) is 1. The molecule has 0 aliphatic carbocycles. The van der Waals surface area contributed by atoms with Crippen molar-refractivity contribution in [3.63, 3.8) is 0 Å². The molecule has 0 aliphatic heterocycles. The number of halogens is 2. The first kappa shape index (κ1) is 18.7. The van der Waals surface area contributed by atoms with Crippen molar-refractivity contribution in [2.75, 3.05) is 13.6 Å². The first-order valence-electron chi connectivity index (χ1n) is 6.45. The van der Waals surface area contributed by atoms with Gasteiger partial charge in [-0.3, -0.25) is 4.99 Å². The van der Waals surface area contributed by atoms with E-state index in [4.69, 9.17) is 0 Å². The van der Waals surface area contributed by atoms with E-state index in [1.807, 2.05) is 0 Å². The second-order valence-electron chi connectivity index (χ2n) is 4.19. The van der Waals surface area contributed by atoms with Gasteiger partial charge in [0.1, 0.15) is 0 Å². The van der Waals surface area contributed by atoms with Crippen LogP contribution in [0, 0.1) is 0 Å². The number of nitrogens with one attached hydrogen (secondary N) is 2. The molecular formula is C14H23BrIN3. The van der Waals surface area contributed by atoms with Gasteiger partial charge >= 0.3 is 0 Å². The minimum Gasteiger partial charge on any atom is -0.356 e. The molecule has 108 valence electrons. The van der Waals surface area contributed by atoms with Gasteiger partial charge in [0.25, 0.3) is 0 Å². The Bertz CT molecular complexity index is 365. The quantitative estimate of drug-likeness (QED) is 0.305. The average molecular weight is 440 g/mol. The highest BCUT2D eigenvalue weighted by Gasteiger charge is 1.97. The van der Waals surface area contributed by atoms with E-state index in [9.17, 15) is 0 Å². The summed E-state index contributed by atoms with van der Waals surface area (Å²) in [7, 11) is 1.80. The fraction of sp³-hybridized carbons (Fsp3) is 0.500. The van der Waals surface area contributed by atoms with E-state index >= 15 is 0 Å². The fourth-order valence-corrected chi connectivity index (χ4v) is 1.85. The SMILES string of the molecule is CCCCCNC(=NC)NCc1ccc(Br)cc1.I. The predicted molar refractivity (Wildman–Crippen MR) is 97.3 cm³/mol. The second kappa shape index (κ2) is 11.5. The molecule has 0 heterocycles. The highest BCUT2D eigenvalue weighted by Crippen LogP contribution is 2.10. The number of rotatable bonds is 6. The standard InChI is InChI=1S/C14H22BrN3.HI/c1-3-4-5-10-17-14(16-2)18-11-12-6-8-13(15)9-7-12;/h6-9H,3-5,10-11H2,1-2H3,(H2,16,17,18);1H. The van der Waals surface area contributed by atoms with Gasteiger partial charge in [0, 0.05) is 24.6 Å². The predicted octanol–water partition coefficient (Wildman–Crippen LogP) is 3.92. The van der Waals surface area contributed by atoms with Crippen molar-refractivity contribution < 1.29 is 0 Å². The fourth-order valence-electron chi connectivity index (χ4n) is 1.59. The minimum atomic E-state index is 0. The van der Waals surface area contributed by atoms with Crippen molar-refractivity contribution in [2.24, 2.45) is 4.99 Å². The van der Waals surface area contributed by atoms with Gasteiger partial charge < -0.3 is 10.6 Å². The monoisotopic (exact) mass is 439 g/mol. The zero-order valence-corrected chi connectivity index (χ0v) is 15.5. The van der Waals surface area contributed by atoms with E-state index in [1.165, 1.54) is 24.8 Å². The number of nitrogens with zero attached hydrogens (tertiary/aromatic N) is 1. The molecule has 0 spiro atoms. The number of benzene rings is 1. The van der Waals surface area contributed by atoms with Crippen molar-refractivity contribution in [1.29, 1.82) is 0 Å². The highest BCUT2D eigenvalue weighted by molar-refractivity contribution is 14.0. The Balaban J connectivity index is 0.00000324. The molecule has 5 heteroatoms. The van der Waals surface area contributed by atoms with E-state index < -0.39 is 0 Å². The topological polar surface area (TPSA) is 36.4 Å². The molecule has 0 saturated carbocycles. The van der Waals surface area contributed by atoms with Gasteiger partial charge in [-0.1, -0.05) is 47.8 Å². The van der Waals surface area contributed by atoms with Crippen molar-refractivity contribution in [2.45, 2.75) is 32.7 Å². The molecule has 0 aliphatic rings. The van der Waals surface area contributed by atoms with Gasteiger partial charge in [-0.25, -0.2) is 0 Å². The average Bonchev–Trinajstić information content (AvgIpc) is 2.40. The zero-order valence-electron chi connectivity index (χ0n) is 11.6. The van der Waals surface area contributed by atoms with Crippen LogP contribution in [0.25, 0.3) is 0 Å². The Hall–Kier alpha value is -0.300. The van der Waals surface area contributed by atoms with Crippen LogP contribution in [0.5, 0.6) is 0 Å². The molecule has 1 aromatic carbocycles. The summed E-state index contributed by atoms with van der Waals surface area (Å²) in [6.45, 7) is 3.98. The Labute approximate surface area is 141 Å². The van der Waals surface area contributed by atoms with Crippen LogP contribution in [-0.2, 0) is 6.54 Å². The largest absolute Gasteiger partial charge is 0.356 e. The summed E-state index contributed by atoms with van der Waals surface area (Å²) in [6.07, 6.45) is 3.69. The molecule has 1 rings (SSSR count). The smallest absolute Gasteiger partial charge is 0.191 e. The first-order valence-corrected chi connectivity index (χ1v) is 7.24. The third-order valence-electron chi connectivity index (χ3n) is 2.67. The van der Waals surface area contributed by atoms with Crippen LogP contribution < -0.4 is 10.6 Å². The van der Waals surface area contributed by atoms with Gasteiger partial charge in [-0.15, -0.1) is 24.0 Å². The van der Waals surface area contributed by atoms with Crippen LogP contribution in [0.3, 0.4) is 0 Å². The van der Waals surface area contributed by atoms with E-state index in [0.29, 0.717) is 0 Å². The summed E-state index contributed by atoms with van der Waals surface area (Å²) in [5, 5.41) is 6.62. The van der Waals surface area contributed by atoms with Crippen molar-refractivity contribution in [1.82, 2.24) is 10.6 Å². The van der Waals surface area contributed by atoms with Crippen LogP contribution in [0.1, 0.15) is 31.7 Å². The van der Waals surface area contributed by atoms with Gasteiger partial charge in [-0.05, 0) is 24.1 Å². The summed E-state index contributed by atoms with van der Waals surface area (Å²) in [5.74, 6) is 0.869. The Morgan fingerprint density at radius 3 is 2.42 bits per heavy atom. The molecule has 0 unspecified atom stereocenters. The van der Waals surface area contributed by atoms with Crippen LogP contribution >= 0.6 is 39.9 Å². The Morgan fingerprint density at radius 2 is 1.84 bits per heavy atom. The summed E-state index contributed by atoms with van der Waals surface area (Å²) < 4.78 is 1.10. The molecule has 0 amide bonds. The van der Waals surface area contributed by atoms with Crippen LogP contribution in [0.15, 0.2) is 33.7 Å². The molecule has 2 N–H and O–H groups in total. The molecule has 0 aromatic heterocycles. The van der Waals surface area contributed by atoms with E-state index in [1.54, 1.807) is 7.05 Å². The molecule has 0 radical (unpaired) electrons. The van der Waals surface area contributed by atoms with Crippen molar-refractivity contribution in [3.8, 4) is 0 Å². The van der Waals surface area contributed by atoms with Gasteiger partial charge in [0.05, 0.1) is 0 Å². The molecule has 3 nitrogen and oxygen atoms in total. The number of guanidine groups is 1. The van der Waals surface area contributed by atoms with Crippen LogP contribution in [-0.4, -0.2) is 19.6 Å². The molecule has 19 heavy (non-hydrogen) atoms. The molecule has 0 fully saturated rings. The molecule has 0 atom stereocenters. The third kappa shape index (κ3) is 8.47. The lowest BCUT2D eigenvalue weighted by Crippen LogP contribution is -2.37. The van der Waals surface area contributed by atoms with Crippen molar-refractivity contribution >= 4 is 45.9 Å². The lowest BCUT2D eigenvalue weighted by atomic mass is 10.2. The number of aliphatic imine (C=N–C) groups is 1. The molecule has 0 bridgehead atoms. The van der Waals surface area contributed by atoms with E-state index in [2.05, 4.69) is 62.7 Å². The van der Waals surface area contributed by atoms with Gasteiger partial charge in [0.15, 0.2) is 5.96 Å².